The Balaban J connectivity index is 2.30. The second-order valence-electron chi connectivity index (χ2n) is 2.76. The zero-order valence-corrected chi connectivity index (χ0v) is 8.28. The highest BCUT2D eigenvalue weighted by atomic mass is 32.2. The highest BCUT2D eigenvalue weighted by Crippen LogP contribution is 2.21. The molecule has 0 unspecified atom stereocenters. The number of hydrogen-bond donors (Lipinski definition) is 0. The van der Waals surface area contributed by atoms with Crippen LogP contribution in [0, 0.1) is 0 Å². The predicted molar refractivity (Wildman–Crippen MR) is 60.2 cm³/mol. The van der Waals surface area contributed by atoms with Crippen molar-refractivity contribution in [3.05, 3.63) is 54.1 Å². The van der Waals surface area contributed by atoms with E-state index < -0.39 is 0 Å². The van der Waals surface area contributed by atoms with Crippen LogP contribution in [0.3, 0.4) is 0 Å². The first kappa shape index (κ1) is 9.09. The van der Waals surface area contributed by atoms with E-state index in [4.69, 9.17) is 0 Å². The van der Waals surface area contributed by atoms with E-state index in [2.05, 4.69) is 0 Å². The van der Waals surface area contributed by atoms with Crippen molar-refractivity contribution < 1.29 is 4.79 Å². The van der Waals surface area contributed by atoms with Crippen molar-refractivity contribution in [2.75, 3.05) is 4.90 Å². The number of benzene rings is 1. The average molecular weight is 203 g/mol. The molecule has 0 radical (unpaired) electrons. The Morgan fingerprint density at radius 3 is 2.64 bits per heavy atom. The number of anilines is 1. The maximum absolute atomic E-state index is 11.6. The lowest BCUT2D eigenvalue weighted by Crippen LogP contribution is -2.19. The number of rotatable bonds is 1. The molecule has 1 aromatic rings. The monoisotopic (exact) mass is 203 g/mol. The Kier molecular flexibility index (Phi) is 2.70. The number of hydrogen-bond acceptors (Lipinski definition) is 2. The summed E-state index contributed by atoms with van der Waals surface area (Å²) in [6.07, 6.45) is 5.48. The molecule has 2 nitrogen and oxygen atoms in total. The van der Waals surface area contributed by atoms with Crippen molar-refractivity contribution in [2.45, 2.75) is 0 Å². The summed E-state index contributed by atoms with van der Waals surface area (Å²) in [5.74, 6) is 0. The molecule has 1 heterocycles. The van der Waals surface area contributed by atoms with Crippen LogP contribution < -0.4 is 4.90 Å². The first-order valence-electron chi connectivity index (χ1n) is 4.26. The van der Waals surface area contributed by atoms with Crippen molar-refractivity contribution in [1.82, 2.24) is 0 Å². The summed E-state index contributed by atoms with van der Waals surface area (Å²) in [6, 6.07) is 9.59. The summed E-state index contributed by atoms with van der Waals surface area (Å²) in [7, 11) is 0. The largest absolute Gasteiger partial charge is 0.294 e. The molecule has 1 aliphatic rings. The summed E-state index contributed by atoms with van der Waals surface area (Å²) in [5, 5.41) is 1.79. The molecule has 1 aliphatic heterocycles. The first-order chi connectivity index (χ1) is 6.88. The molecule has 0 fully saturated rings. The minimum absolute atomic E-state index is 0.0150. The first-order valence-corrected chi connectivity index (χ1v) is 5.14. The van der Waals surface area contributed by atoms with Crippen molar-refractivity contribution in [1.29, 1.82) is 0 Å². The topological polar surface area (TPSA) is 20.3 Å². The van der Waals surface area contributed by atoms with Gasteiger partial charge in [0.05, 0.1) is 0 Å². The Bertz CT molecular complexity index is 384. The fraction of sp³-hybridized carbons (Fsp3) is 0. The van der Waals surface area contributed by atoms with Crippen molar-refractivity contribution in [3.63, 3.8) is 0 Å². The Morgan fingerprint density at radius 1 is 1.07 bits per heavy atom. The van der Waals surface area contributed by atoms with Gasteiger partial charge in [-0.25, -0.2) is 0 Å². The lowest BCUT2D eigenvalue weighted by molar-refractivity contribution is 0.267. The van der Waals surface area contributed by atoms with Crippen LogP contribution in [-0.4, -0.2) is 5.24 Å². The van der Waals surface area contributed by atoms with Crippen molar-refractivity contribution >= 4 is 22.7 Å². The van der Waals surface area contributed by atoms with Gasteiger partial charge < -0.3 is 0 Å². The number of amides is 1. The van der Waals surface area contributed by atoms with Crippen LogP contribution >= 0.6 is 11.8 Å². The van der Waals surface area contributed by atoms with E-state index in [-0.39, 0.29) is 5.24 Å². The molecule has 1 amide bonds. The molecule has 1 aromatic carbocycles. The molecule has 0 atom stereocenters. The van der Waals surface area contributed by atoms with E-state index >= 15 is 0 Å². The van der Waals surface area contributed by atoms with Crippen LogP contribution in [0.2, 0.25) is 0 Å². The Labute approximate surface area is 86.9 Å². The van der Waals surface area contributed by atoms with Crippen LogP contribution in [0.25, 0.3) is 0 Å². The molecule has 3 heteroatoms. The van der Waals surface area contributed by atoms with E-state index in [9.17, 15) is 4.79 Å². The summed E-state index contributed by atoms with van der Waals surface area (Å²) in [6.45, 7) is 0. The number of carbonyl (C=O) groups excluding carboxylic acids is 1. The molecule has 2 rings (SSSR count). The van der Waals surface area contributed by atoms with Crippen LogP contribution in [0.1, 0.15) is 0 Å². The van der Waals surface area contributed by atoms with Gasteiger partial charge in [-0.3, -0.25) is 9.69 Å². The molecule has 0 aliphatic carbocycles. The number of thioether (sulfide) groups is 1. The SMILES string of the molecule is O=C1SC=CC=CN1c1ccccc1. The maximum atomic E-state index is 11.6. The maximum Gasteiger partial charge on any atom is 0.294 e. The van der Waals surface area contributed by atoms with E-state index in [1.54, 1.807) is 16.5 Å². The molecule has 14 heavy (non-hydrogen) atoms. The molecule has 0 bridgehead atoms. The van der Waals surface area contributed by atoms with Crippen molar-refractivity contribution in [2.24, 2.45) is 0 Å². The third kappa shape index (κ3) is 1.88. The molecular formula is C11H9NOS. The van der Waals surface area contributed by atoms with Crippen LogP contribution in [0.15, 0.2) is 54.1 Å². The highest BCUT2D eigenvalue weighted by molar-refractivity contribution is 8.16. The van der Waals surface area contributed by atoms with E-state index in [1.165, 1.54) is 11.8 Å². The summed E-state index contributed by atoms with van der Waals surface area (Å²) in [5.41, 5.74) is 0.893. The molecule has 0 aromatic heterocycles. The molecule has 0 saturated heterocycles. The fourth-order valence-corrected chi connectivity index (χ4v) is 1.74. The second kappa shape index (κ2) is 4.15. The zero-order valence-electron chi connectivity index (χ0n) is 7.46. The van der Waals surface area contributed by atoms with Gasteiger partial charge in [0.15, 0.2) is 0 Å². The van der Waals surface area contributed by atoms with Gasteiger partial charge >= 0.3 is 0 Å². The van der Waals surface area contributed by atoms with Gasteiger partial charge in [0.1, 0.15) is 0 Å². The van der Waals surface area contributed by atoms with Gasteiger partial charge in [0, 0.05) is 11.9 Å². The predicted octanol–water partition coefficient (Wildman–Crippen LogP) is 3.39. The number of allylic oxidation sites excluding steroid dienone is 2. The highest BCUT2D eigenvalue weighted by Gasteiger charge is 2.12. The van der Waals surface area contributed by atoms with Crippen LogP contribution in [0.5, 0.6) is 0 Å². The normalized spacial score (nSPS) is 15.7. The lowest BCUT2D eigenvalue weighted by atomic mass is 10.3. The fourth-order valence-electron chi connectivity index (χ4n) is 1.18. The Hall–Kier alpha value is -1.48. The number of para-hydroxylation sites is 1. The van der Waals surface area contributed by atoms with Gasteiger partial charge in [-0.05, 0) is 35.4 Å². The minimum atomic E-state index is 0.0150. The van der Waals surface area contributed by atoms with E-state index in [0.717, 1.165) is 5.69 Å². The smallest absolute Gasteiger partial charge is 0.278 e. The van der Waals surface area contributed by atoms with Gasteiger partial charge in [-0.15, -0.1) is 0 Å². The van der Waals surface area contributed by atoms with E-state index in [0.29, 0.717) is 0 Å². The number of carbonyl (C=O) groups is 1. The van der Waals surface area contributed by atoms with Gasteiger partial charge in [0.2, 0.25) is 0 Å². The molecule has 0 saturated carbocycles. The van der Waals surface area contributed by atoms with Gasteiger partial charge in [-0.2, -0.15) is 0 Å². The number of nitrogens with zero attached hydrogens (tertiary/aromatic N) is 1. The average Bonchev–Trinajstić information content (AvgIpc) is 2.44. The molecule has 70 valence electrons. The third-order valence-electron chi connectivity index (χ3n) is 1.82. The van der Waals surface area contributed by atoms with Crippen LogP contribution in [-0.2, 0) is 0 Å². The summed E-state index contributed by atoms with van der Waals surface area (Å²) < 4.78 is 0. The van der Waals surface area contributed by atoms with E-state index in [1.807, 2.05) is 42.5 Å². The minimum Gasteiger partial charge on any atom is -0.278 e. The quantitative estimate of drug-likeness (QED) is 0.697. The van der Waals surface area contributed by atoms with Gasteiger partial charge in [0.25, 0.3) is 5.24 Å². The molecule has 0 spiro atoms. The second-order valence-corrected chi connectivity index (χ2v) is 3.62. The summed E-state index contributed by atoms with van der Waals surface area (Å²) in [4.78, 5) is 13.2. The zero-order chi connectivity index (χ0) is 9.80. The third-order valence-corrected chi connectivity index (χ3v) is 2.52. The van der Waals surface area contributed by atoms with Crippen LogP contribution in [0.4, 0.5) is 10.5 Å². The lowest BCUT2D eigenvalue weighted by Gasteiger charge is -2.15. The Morgan fingerprint density at radius 2 is 1.86 bits per heavy atom. The molecule has 0 N–H and O–H groups in total. The van der Waals surface area contributed by atoms with Gasteiger partial charge in [-0.1, -0.05) is 24.3 Å². The standard InChI is InChI=1S/C11H9NOS/c13-11-12(8-4-5-9-14-11)10-6-2-1-3-7-10/h1-9H. The van der Waals surface area contributed by atoms with Crippen molar-refractivity contribution in [3.8, 4) is 0 Å². The summed E-state index contributed by atoms with van der Waals surface area (Å²) >= 11 is 1.19. The molecular weight excluding hydrogens is 194 g/mol.